The van der Waals surface area contributed by atoms with Gasteiger partial charge in [0.2, 0.25) is 5.78 Å². The fourth-order valence-electron chi connectivity index (χ4n) is 0.203. The van der Waals surface area contributed by atoms with Crippen molar-refractivity contribution in [2.75, 3.05) is 0 Å². The summed E-state index contributed by atoms with van der Waals surface area (Å²) < 4.78 is 0. The summed E-state index contributed by atoms with van der Waals surface area (Å²) in [7, 11) is 0. The zero-order valence-electron chi connectivity index (χ0n) is 2.99. The molecule has 0 amide bonds. The summed E-state index contributed by atoms with van der Waals surface area (Å²) in [6.07, 6.45) is 0. The Balaban J connectivity index is 2.79. The molecule has 1 rings (SSSR count). The summed E-state index contributed by atoms with van der Waals surface area (Å²) in [6, 6.07) is -0.718. The van der Waals surface area contributed by atoms with Crippen LogP contribution in [0.4, 0.5) is 0 Å². The Morgan fingerprint density at radius 1 is 1.83 bits per heavy atom. The van der Waals surface area contributed by atoms with Crippen LogP contribution in [0.1, 0.15) is 0 Å². The third-order valence-corrected chi connectivity index (χ3v) is 0.602. The van der Waals surface area contributed by atoms with E-state index < -0.39 is 6.04 Å². The van der Waals surface area contributed by atoms with E-state index in [-0.39, 0.29) is 5.78 Å². The number of carbonyl (C=O) groups is 1. The molecule has 1 N–H and O–H groups in total. The van der Waals surface area contributed by atoms with Crippen molar-refractivity contribution in [2.45, 2.75) is 6.04 Å². The Hall–Kier alpha value is -0.810. The first-order chi connectivity index (χ1) is 2.80. The summed E-state index contributed by atoms with van der Waals surface area (Å²) in [5.74, 6) is 4.25. The molecular formula is C4H2NO. The molecule has 1 unspecified atom stereocenters. The number of carbonyl (C=O) groups excluding carboxylic acids is 1. The third-order valence-electron chi connectivity index (χ3n) is 0.602. The van der Waals surface area contributed by atoms with Gasteiger partial charge in [0, 0.05) is 0 Å². The Kier molecular flexibility index (Phi) is 0.465. The van der Waals surface area contributed by atoms with Gasteiger partial charge in [0.05, 0.1) is 0 Å². The first-order valence-electron chi connectivity index (χ1n) is 1.57. The van der Waals surface area contributed by atoms with Gasteiger partial charge in [-0.2, -0.15) is 0 Å². The van der Waals surface area contributed by atoms with Crippen molar-refractivity contribution in [2.24, 2.45) is 0 Å². The molecule has 2 heteroatoms. The third kappa shape index (κ3) is 0.228. The van der Waals surface area contributed by atoms with Gasteiger partial charge in [0.25, 0.3) is 0 Å². The van der Waals surface area contributed by atoms with E-state index in [1.165, 1.54) is 0 Å². The van der Waals surface area contributed by atoms with Crippen LogP contribution < -0.4 is 5.73 Å². The molecule has 0 saturated carbocycles. The SMILES string of the molecule is [NH]C1C#CC1=O. The molecule has 6 heavy (non-hydrogen) atoms. The molecule has 2 nitrogen and oxygen atoms in total. The van der Waals surface area contributed by atoms with Crippen LogP contribution in [0.15, 0.2) is 0 Å². The number of hydrogen-bond donors (Lipinski definition) is 0. The van der Waals surface area contributed by atoms with Gasteiger partial charge in [-0.1, -0.05) is 5.92 Å². The number of nitrogens with one attached hydrogen (secondary N) is 1. The second-order valence-electron chi connectivity index (χ2n) is 1.07. The van der Waals surface area contributed by atoms with Gasteiger partial charge in [-0.15, -0.1) is 0 Å². The lowest BCUT2D eigenvalue weighted by atomic mass is 10.1. The van der Waals surface area contributed by atoms with Crippen LogP contribution in [0, 0.1) is 11.8 Å². The predicted molar refractivity (Wildman–Crippen MR) is 19.7 cm³/mol. The second-order valence-corrected chi connectivity index (χ2v) is 1.07. The molecule has 1 aliphatic rings. The monoisotopic (exact) mass is 80.0 g/mol. The molecule has 0 saturated heterocycles. The van der Waals surface area contributed by atoms with E-state index in [9.17, 15) is 4.79 Å². The van der Waals surface area contributed by atoms with Crippen LogP contribution in [0.3, 0.4) is 0 Å². The second kappa shape index (κ2) is 0.825. The van der Waals surface area contributed by atoms with E-state index in [0.29, 0.717) is 0 Å². The Morgan fingerprint density at radius 3 is 2.33 bits per heavy atom. The topological polar surface area (TPSA) is 40.9 Å². The highest BCUT2D eigenvalue weighted by Gasteiger charge is 2.14. The minimum Gasteiger partial charge on any atom is -0.282 e. The van der Waals surface area contributed by atoms with Gasteiger partial charge in [-0.25, -0.2) is 5.73 Å². The van der Waals surface area contributed by atoms with Gasteiger partial charge in [-0.3, -0.25) is 4.79 Å². The smallest absolute Gasteiger partial charge is 0.235 e. The maximum absolute atomic E-state index is 9.87. The van der Waals surface area contributed by atoms with Crippen molar-refractivity contribution in [3.05, 3.63) is 0 Å². The highest BCUT2D eigenvalue weighted by Crippen LogP contribution is 1.88. The number of ketones is 1. The van der Waals surface area contributed by atoms with Crippen LogP contribution in [-0.2, 0) is 4.79 Å². The van der Waals surface area contributed by atoms with E-state index in [0.717, 1.165) is 0 Å². The number of rotatable bonds is 0. The van der Waals surface area contributed by atoms with Crippen molar-refractivity contribution in [3.8, 4) is 11.8 Å². The Labute approximate surface area is 35.3 Å². The van der Waals surface area contributed by atoms with Gasteiger partial charge in [0.1, 0.15) is 0 Å². The fourth-order valence-corrected chi connectivity index (χ4v) is 0.203. The molecule has 0 aromatic carbocycles. The highest BCUT2D eigenvalue weighted by atomic mass is 16.1. The van der Waals surface area contributed by atoms with Gasteiger partial charge in [0.15, 0.2) is 6.04 Å². The first-order valence-corrected chi connectivity index (χ1v) is 1.57. The molecule has 0 fully saturated rings. The summed E-state index contributed by atoms with van der Waals surface area (Å²) in [5, 5.41) is 0. The maximum atomic E-state index is 9.87. The Bertz CT molecular complexity index is 139. The van der Waals surface area contributed by atoms with Crippen molar-refractivity contribution in [1.82, 2.24) is 5.73 Å². The minimum atomic E-state index is -0.718. The Morgan fingerprint density at radius 2 is 2.33 bits per heavy atom. The molecule has 0 heterocycles. The van der Waals surface area contributed by atoms with Crippen LogP contribution >= 0.6 is 0 Å². The lowest BCUT2D eigenvalue weighted by Gasteiger charge is -1.98. The zero-order valence-corrected chi connectivity index (χ0v) is 2.99. The van der Waals surface area contributed by atoms with Gasteiger partial charge < -0.3 is 0 Å². The van der Waals surface area contributed by atoms with E-state index in [2.05, 4.69) is 11.8 Å². The molecule has 1 atom stereocenters. The lowest BCUT2D eigenvalue weighted by molar-refractivity contribution is -0.114. The standard InChI is InChI=1S/C4H2NO/c5-3-1-2-4(3)6/h3,5H. The number of Topliss-reactive ketones (excluding diaryl/α,β-unsaturated/α-hetero) is 1. The van der Waals surface area contributed by atoms with Crippen molar-refractivity contribution >= 4 is 5.78 Å². The molecule has 1 aliphatic carbocycles. The van der Waals surface area contributed by atoms with Crippen LogP contribution in [0.25, 0.3) is 0 Å². The average molecular weight is 80.1 g/mol. The quantitative estimate of drug-likeness (QED) is 0.278. The molecule has 29 valence electrons. The number of hydrogen-bond acceptors (Lipinski definition) is 1. The maximum Gasteiger partial charge on any atom is 0.235 e. The van der Waals surface area contributed by atoms with Crippen LogP contribution in [0.2, 0.25) is 0 Å². The van der Waals surface area contributed by atoms with Gasteiger partial charge in [-0.05, 0) is 5.92 Å². The lowest BCUT2D eigenvalue weighted by Crippen LogP contribution is -2.25. The molecular weight excluding hydrogens is 78.0 g/mol. The van der Waals surface area contributed by atoms with Crippen LogP contribution in [-0.4, -0.2) is 11.8 Å². The molecule has 0 aromatic rings. The average Bonchev–Trinajstić information content (AvgIpc) is 1.61. The summed E-state index contributed by atoms with van der Waals surface area (Å²) >= 11 is 0. The first kappa shape index (κ1) is 3.38. The van der Waals surface area contributed by atoms with E-state index in [1.54, 1.807) is 0 Å². The molecule has 0 aromatic heterocycles. The summed E-state index contributed by atoms with van der Waals surface area (Å²) in [4.78, 5) is 9.87. The largest absolute Gasteiger partial charge is 0.282 e. The molecule has 1 radical (unpaired) electrons. The minimum absolute atomic E-state index is 0.255. The van der Waals surface area contributed by atoms with E-state index in [1.807, 2.05) is 0 Å². The predicted octanol–water partition coefficient (Wildman–Crippen LogP) is -0.776. The molecule has 0 spiro atoms. The zero-order chi connectivity index (χ0) is 4.57. The summed E-state index contributed by atoms with van der Waals surface area (Å²) in [5.41, 5.74) is 6.60. The normalized spacial score (nSPS) is 27.5. The van der Waals surface area contributed by atoms with E-state index in [4.69, 9.17) is 5.73 Å². The van der Waals surface area contributed by atoms with Crippen molar-refractivity contribution in [1.29, 1.82) is 0 Å². The van der Waals surface area contributed by atoms with Crippen LogP contribution in [0.5, 0.6) is 0 Å². The highest BCUT2D eigenvalue weighted by molar-refractivity contribution is 6.07. The van der Waals surface area contributed by atoms with Crippen molar-refractivity contribution < 1.29 is 4.79 Å². The molecule has 0 bridgehead atoms. The molecule has 0 aliphatic heterocycles. The fraction of sp³-hybridized carbons (Fsp3) is 0.250. The van der Waals surface area contributed by atoms with E-state index >= 15 is 0 Å². The van der Waals surface area contributed by atoms with Gasteiger partial charge >= 0.3 is 0 Å². The van der Waals surface area contributed by atoms with Crippen molar-refractivity contribution in [3.63, 3.8) is 0 Å². The summed E-state index contributed by atoms with van der Waals surface area (Å²) in [6.45, 7) is 0.